The van der Waals surface area contributed by atoms with Crippen molar-refractivity contribution >= 4 is 17.8 Å². The Bertz CT molecular complexity index is 517. The van der Waals surface area contributed by atoms with Crippen LogP contribution < -0.4 is 5.32 Å². The molecule has 1 aromatic rings. The van der Waals surface area contributed by atoms with Crippen molar-refractivity contribution in [3.63, 3.8) is 0 Å². The number of rotatable bonds is 7. The average Bonchev–Trinajstić information content (AvgIpc) is 2.76. The Kier molecular flexibility index (Phi) is 5.66. The molecule has 1 heterocycles. The van der Waals surface area contributed by atoms with E-state index in [2.05, 4.69) is 17.1 Å². The molecule has 7 nitrogen and oxygen atoms in total. The molecular formula is C14H21N3O4. The van der Waals surface area contributed by atoms with Gasteiger partial charge in [0.2, 0.25) is 11.8 Å². The van der Waals surface area contributed by atoms with E-state index in [-0.39, 0.29) is 30.3 Å². The van der Waals surface area contributed by atoms with Crippen molar-refractivity contribution in [2.45, 2.75) is 26.2 Å². The van der Waals surface area contributed by atoms with E-state index in [1.54, 1.807) is 12.1 Å². The summed E-state index contributed by atoms with van der Waals surface area (Å²) in [7, 11) is 0. The summed E-state index contributed by atoms with van der Waals surface area (Å²) in [4.78, 5) is 24.0. The van der Waals surface area contributed by atoms with E-state index in [1.165, 1.54) is 4.90 Å². The Balaban J connectivity index is 2.61. The van der Waals surface area contributed by atoms with Gasteiger partial charge in [-0.25, -0.2) is 0 Å². The van der Waals surface area contributed by atoms with Crippen LogP contribution >= 0.6 is 0 Å². The summed E-state index contributed by atoms with van der Waals surface area (Å²) in [5.41, 5.74) is 0.552. The molecule has 0 unspecified atom stereocenters. The second-order valence-corrected chi connectivity index (χ2v) is 5.73. The molecule has 0 aromatic carbocycles. The van der Waals surface area contributed by atoms with Crippen molar-refractivity contribution in [1.82, 2.24) is 10.1 Å². The first-order valence-corrected chi connectivity index (χ1v) is 6.54. The van der Waals surface area contributed by atoms with Gasteiger partial charge in [-0.05, 0) is 0 Å². The van der Waals surface area contributed by atoms with Crippen molar-refractivity contribution in [1.29, 1.82) is 0 Å². The van der Waals surface area contributed by atoms with Gasteiger partial charge in [0, 0.05) is 18.0 Å². The summed E-state index contributed by atoms with van der Waals surface area (Å²) in [6.45, 7) is 9.49. The molecule has 2 N–H and O–H groups in total. The molecule has 1 aromatic heterocycles. The van der Waals surface area contributed by atoms with Crippen LogP contribution in [0.4, 0.5) is 5.88 Å². The number of hydrogen-bond donors (Lipinski definition) is 2. The summed E-state index contributed by atoms with van der Waals surface area (Å²) in [5.74, 6) is -1.12. The molecule has 0 aliphatic carbocycles. The minimum atomic E-state index is -1.00. The molecule has 0 saturated heterocycles. The van der Waals surface area contributed by atoms with Crippen LogP contribution in [-0.4, -0.2) is 46.7 Å². The van der Waals surface area contributed by atoms with Gasteiger partial charge in [0.15, 0.2) is 0 Å². The molecule has 0 saturated carbocycles. The molecule has 1 amide bonds. The van der Waals surface area contributed by atoms with Gasteiger partial charge >= 0.3 is 5.97 Å². The van der Waals surface area contributed by atoms with Crippen LogP contribution in [0.25, 0.3) is 0 Å². The van der Waals surface area contributed by atoms with Gasteiger partial charge in [-0.2, -0.15) is 0 Å². The maximum absolute atomic E-state index is 11.9. The molecule has 0 bridgehead atoms. The van der Waals surface area contributed by atoms with Crippen LogP contribution in [0.15, 0.2) is 23.2 Å². The highest BCUT2D eigenvalue weighted by Crippen LogP contribution is 2.23. The maximum atomic E-state index is 11.9. The van der Waals surface area contributed by atoms with Crippen LogP contribution in [0, 0.1) is 0 Å². The van der Waals surface area contributed by atoms with Gasteiger partial charge in [0.05, 0.1) is 18.8 Å². The van der Waals surface area contributed by atoms with E-state index in [0.717, 1.165) is 5.69 Å². The quantitative estimate of drug-likeness (QED) is 0.740. The predicted octanol–water partition coefficient (Wildman–Crippen LogP) is 1.48. The van der Waals surface area contributed by atoms with Crippen LogP contribution in [0.5, 0.6) is 0 Å². The Labute approximate surface area is 123 Å². The number of aliphatic carboxylic acids is 1. The molecule has 0 aliphatic rings. The number of carbonyl (C=O) groups excluding carboxylic acids is 1. The van der Waals surface area contributed by atoms with E-state index in [4.69, 9.17) is 9.63 Å². The van der Waals surface area contributed by atoms with Crippen molar-refractivity contribution in [3.8, 4) is 0 Å². The molecule has 0 fully saturated rings. The first-order valence-electron chi connectivity index (χ1n) is 6.54. The zero-order chi connectivity index (χ0) is 16.0. The smallest absolute Gasteiger partial charge is 0.317 e. The summed E-state index contributed by atoms with van der Waals surface area (Å²) in [5, 5.41) is 15.2. The highest BCUT2D eigenvalue weighted by molar-refractivity contribution is 5.91. The van der Waals surface area contributed by atoms with Gasteiger partial charge in [-0.3, -0.25) is 19.8 Å². The predicted molar refractivity (Wildman–Crippen MR) is 78.1 cm³/mol. The number of hydrogen-bond acceptors (Lipinski definition) is 5. The highest BCUT2D eigenvalue weighted by atomic mass is 16.5. The lowest BCUT2D eigenvalue weighted by molar-refractivity contribution is -0.138. The van der Waals surface area contributed by atoms with Gasteiger partial charge in [-0.1, -0.05) is 32.0 Å². The molecule has 7 heteroatoms. The van der Waals surface area contributed by atoms with Gasteiger partial charge in [0.25, 0.3) is 0 Å². The van der Waals surface area contributed by atoms with Crippen molar-refractivity contribution in [3.05, 3.63) is 24.4 Å². The number of amides is 1. The van der Waals surface area contributed by atoms with Crippen LogP contribution in [-0.2, 0) is 15.0 Å². The number of aromatic nitrogens is 1. The third-order valence-corrected chi connectivity index (χ3v) is 2.65. The Hall–Kier alpha value is -2.15. The SMILES string of the molecule is C=CCN(CC(=O)O)CC(=O)Nc1cc(C(C)(C)C)no1. The molecule has 116 valence electrons. The standard InChI is InChI=1S/C14H21N3O4/c1-5-6-17(9-13(19)20)8-11(18)15-12-7-10(16-21-12)14(2,3)4/h5,7H,1,6,8-9H2,2-4H3,(H,15,18)(H,19,20). The fraction of sp³-hybridized carbons (Fsp3) is 0.500. The zero-order valence-electron chi connectivity index (χ0n) is 12.5. The third-order valence-electron chi connectivity index (χ3n) is 2.65. The fourth-order valence-electron chi connectivity index (χ4n) is 1.63. The minimum absolute atomic E-state index is 0.0656. The summed E-state index contributed by atoms with van der Waals surface area (Å²) in [6, 6.07) is 1.66. The normalized spacial score (nSPS) is 11.4. The minimum Gasteiger partial charge on any atom is -0.480 e. The highest BCUT2D eigenvalue weighted by Gasteiger charge is 2.20. The second-order valence-electron chi connectivity index (χ2n) is 5.73. The number of carboxylic acid groups (broad SMARTS) is 1. The number of nitrogens with one attached hydrogen (secondary N) is 1. The lowest BCUT2D eigenvalue weighted by atomic mass is 9.92. The van der Waals surface area contributed by atoms with Crippen LogP contribution in [0.1, 0.15) is 26.5 Å². The average molecular weight is 295 g/mol. The maximum Gasteiger partial charge on any atom is 0.317 e. The number of carbonyl (C=O) groups is 2. The monoisotopic (exact) mass is 295 g/mol. The van der Waals surface area contributed by atoms with Gasteiger partial charge in [0.1, 0.15) is 0 Å². The number of anilines is 1. The van der Waals surface area contributed by atoms with Crippen LogP contribution in [0.2, 0.25) is 0 Å². The second kappa shape index (κ2) is 7.03. The molecular weight excluding hydrogens is 274 g/mol. The first kappa shape index (κ1) is 16.9. The largest absolute Gasteiger partial charge is 0.480 e. The Morgan fingerprint density at radius 3 is 2.62 bits per heavy atom. The molecule has 1 rings (SSSR count). The Morgan fingerprint density at radius 2 is 2.14 bits per heavy atom. The summed E-state index contributed by atoms with van der Waals surface area (Å²) >= 11 is 0. The number of carboxylic acids is 1. The van der Waals surface area contributed by atoms with Crippen LogP contribution in [0.3, 0.4) is 0 Å². The topological polar surface area (TPSA) is 95.7 Å². The van der Waals surface area contributed by atoms with Crippen molar-refractivity contribution in [2.75, 3.05) is 25.0 Å². The Morgan fingerprint density at radius 1 is 1.48 bits per heavy atom. The molecule has 0 atom stereocenters. The summed E-state index contributed by atoms with van der Waals surface area (Å²) < 4.78 is 5.05. The third kappa shape index (κ3) is 5.78. The van der Waals surface area contributed by atoms with Gasteiger partial charge in [-0.15, -0.1) is 6.58 Å². The molecule has 0 spiro atoms. The first-order chi connectivity index (χ1) is 9.72. The molecule has 21 heavy (non-hydrogen) atoms. The van der Waals surface area contributed by atoms with E-state index in [9.17, 15) is 9.59 Å². The van der Waals surface area contributed by atoms with E-state index < -0.39 is 5.97 Å². The molecule has 0 aliphatic heterocycles. The van der Waals surface area contributed by atoms with Crippen molar-refractivity contribution < 1.29 is 19.2 Å². The van der Waals surface area contributed by atoms with E-state index in [0.29, 0.717) is 6.54 Å². The van der Waals surface area contributed by atoms with Gasteiger partial charge < -0.3 is 9.63 Å². The van der Waals surface area contributed by atoms with Crippen molar-refractivity contribution in [2.24, 2.45) is 0 Å². The fourth-order valence-corrected chi connectivity index (χ4v) is 1.63. The zero-order valence-corrected chi connectivity index (χ0v) is 12.5. The van der Waals surface area contributed by atoms with E-state index in [1.807, 2.05) is 20.8 Å². The lowest BCUT2D eigenvalue weighted by Gasteiger charge is -2.16. The lowest BCUT2D eigenvalue weighted by Crippen LogP contribution is -2.36. The van der Waals surface area contributed by atoms with E-state index >= 15 is 0 Å². The summed E-state index contributed by atoms with van der Waals surface area (Å²) in [6.07, 6.45) is 1.54. The number of nitrogens with zero attached hydrogens (tertiary/aromatic N) is 2. The molecule has 0 radical (unpaired) electrons.